The van der Waals surface area contributed by atoms with Crippen LogP contribution in [0, 0.1) is 3.57 Å². The molecule has 2 rings (SSSR count). The molecule has 19 heavy (non-hydrogen) atoms. The number of ether oxygens (including phenoxy) is 2. The van der Waals surface area contributed by atoms with Gasteiger partial charge in [0.2, 0.25) is 10.0 Å². The minimum absolute atomic E-state index is 0.0134. The summed E-state index contributed by atoms with van der Waals surface area (Å²) >= 11 is 2.10. The number of rotatable bonds is 5. The van der Waals surface area contributed by atoms with Crippen LogP contribution in [0.4, 0.5) is 0 Å². The summed E-state index contributed by atoms with van der Waals surface area (Å²) in [5.74, 6) is 0.556. The molecule has 5 nitrogen and oxygen atoms in total. The molecular formula is C12H16INO4S. The van der Waals surface area contributed by atoms with Crippen LogP contribution >= 0.6 is 22.6 Å². The van der Waals surface area contributed by atoms with E-state index in [0.29, 0.717) is 18.9 Å². The number of nitrogens with one attached hydrogen (secondary N) is 1. The monoisotopic (exact) mass is 397 g/mol. The summed E-state index contributed by atoms with van der Waals surface area (Å²) < 4.78 is 38.3. The molecule has 1 heterocycles. The molecule has 0 saturated carbocycles. The van der Waals surface area contributed by atoms with Crippen molar-refractivity contribution in [3.8, 4) is 5.75 Å². The molecule has 0 aliphatic carbocycles. The molecule has 1 fully saturated rings. The lowest BCUT2D eigenvalue weighted by Gasteiger charge is -2.12. The Morgan fingerprint density at radius 1 is 1.53 bits per heavy atom. The van der Waals surface area contributed by atoms with Gasteiger partial charge in [-0.05, 0) is 47.6 Å². The molecule has 1 aliphatic rings. The SMILES string of the molecule is COc1cc(S(=O)(=O)NC[C@@H]2CCCO2)ccc1I. The third-order valence-electron chi connectivity index (χ3n) is 2.96. The Labute approximate surface area is 126 Å². The first kappa shape index (κ1) is 15.0. The van der Waals surface area contributed by atoms with E-state index in [1.165, 1.54) is 13.2 Å². The normalized spacial score (nSPS) is 19.6. The Morgan fingerprint density at radius 2 is 2.32 bits per heavy atom. The van der Waals surface area contributed by atoms with Gasteiger partial charge < -0.3 is 9.47 Å². The van der Waals surface area contributed by atoms with Gasteiger partial charge in [-0.3, -0.25) is 0 Å². The molecule has 0 amide bonds. The lowest BCUT2D eigenvalue weighted by Crippen LogP contribution is -2.31. The van der Waals surface area contributed by atoms with E-state index in [-0.39, 0.29) is 11.0 Å². The zero-order chi connectivity index (χ0) is 13.9. The number of hydrogen-bond acceptors (Lipinski definition) is 4. The Bertz CT molecular complexity index is 541. The molecule has 0 radical (unpaired) electrons. The lowest BCUT2D eigenvalue weighted by molar-refractivity contribution is 0.114. The van der Waals surface area contributed by atoms with Crippen LogP contribution in [0.25, 0.3) is 0 Å². The van der Waals surface area contributed by atoms with Gasteiger partial charge in [0, 0.05) is 19.2 Å². The third-order valence-corrected chi connectivity index (χ3v) is 5.27. The highest BCUT2D eigenvalue weighted by atomic mass is 127. The van der Waals surface area contributed by atoms with Crippen LogP contribution in [0.3, 0.4) is 0 Å². The van der Waals surface area contributed by atoms with E-state index in [9.17, 15) is 8.42 Å². The van der Waals surface area contributed by atoms with Crippen LogP contribution in [-0.2, 0) is 14.8 Å². The van der Waals surface area contributed by atoms with Gasteiger partial charge >= 0.3 is 0 Å². The summed E-state index contributed by atoms with van der Waals surface area (Å²) in [5.41, 5.74) is 0. The Kier molecular flexibility index (Phi) is 5.04. The second-order valence-corrected chi connectivity index (χ2v) is 7.21. The Morgan fingerprint density at radius 3 is 2.95 bits per heavy atom. The topological polar surface area (TPSA) is 64.6 Å². The number of hydrogen-bond donors (Lipinski definition) is 1. The van der Waals surface area contributed by atoms with E-state index in [1.807, 2.05) is 0 Å². The maximum atomic E-state index is 12.1. The van der Waals surface area contributed by atoms with Crippen LogP contribution in [0.1, 0.15) is 12.8 Å². The number of methoxy groups -OCH3 is 1. The molecule has 1 aromatic carbocycles. The van der Waals surface area contributed by atoms with Crippen molar-refractivity contribution in [3.05, 3.63) is 21.8 Å². The minimum atomic E-state index is -3.51. The van der Waals surface area contributed by atoms with Crippen LogP contribution in [-0.4, -0.2) is 34.8 Å². The van der Waals surface area contributed by atoms with Gasteiger partial charge in [0.15, 0.2) is 0 Å². The highest BCUT2D eigenvalue weighted by molar-refractivity contribution is 14.1. The molecule has 1 aromatic rings. The van der Waals surface area contributed by atoms with Crippen LogP contribution in [0.15, 0.2) is 23.1 Å². The molecule has 1 aliphatic heterocycles. The van der Waals surface area contributed by atoms with Crippen molar-refractivity contribution >= 4 is 32.6 Å². The summed E-state index contributed by atoms with van der Waals surface area (Å²) in [6, 6.07) is 4.82. The Hall–Kier alpha value is -0.380. The second kappa shape index (κ2) is 6.38. The fourth-order valence-electron chi connectivity index (χ4n) is 1.90. The summed E-state index contributed by atoms with van der Waals surface area (Å²) in [7, 11) is -1.99. The van der Waals surface area contributed by atoms with Gasteiger partial charge in [-0.15, -0.1) is 0 Å². The zero-order valence-corrected chi connectivity index (χ0v) is 13.5. The standard InChI is InChI=1S/C12H16INO4S/c1-17-12-7-10(4-5-11(12)13)19(15,16)14-8-9-3-2-6-18-9/h4-5,7,9,14H,2-3,6,8H2,1H3/t9-/m0/s1. The van der Waals surface area contributed by atoms with E-state index in [2.05, 4.69) is 27.3 Å². The minimum Gasteiger partial charge on any atom is -0.496 e. The van der Waals surface area contributed by atoms with Crippen molar-refractivity contribution < 1.29 is 17.9 Å². The third kappa shape index (κ3) is 3.80. The summed E-state index contributed by atoms with van der Waals surface area (Å²) in [6.45, 7) is 1.03. The largest absolute Gasteiger partial charge is 0.496 e. The second-order valence-electron chi connectivity index (χ2n) is 4.28. The first-order chi connectivity index (χ1) is 9.03. The van der Waals surface area contributed by atoms with Crippen molar-refractivity contribution in [2.75, 3.05) is 20.3 Å². The van der Waals surface area contributed by atoms with Crippen LogP contribution in [0.2, 0.25) is 0 Å². The van der Waals surface area contributed by atoms with E-state index < -0.39 is 10.0 Å². The van der Waals surface area contributed by atoms with Gasteiger partial charge in [0.1, 0.15) is 5.75 Å². The predicted molar refractivity (Wildman–Crippen MR) is 79.9 cm³/mol. The first-order valence-corrected chi connectivity index (χ1v) is 8.54. The van der Waals surface area contributed by atoms with Gasteiger partial charge in [-0.2, -0.15) is 0 Å². The molecule has 0 aromatic heterocycles. The number of sulfonamides is 1. The van der Waals surface area contributed by atoms with Crippen LogP contribution < -0.4 is 9.46 Å². The van der Waals surface area contributed by atoms with Crippen LogP contribution in [0.5, 0.6) is 5.75 Å². The van der Waals surface area contributed by atoms with Crippen molar-refractivity contribution in [2.45, 2.75) is 23.8 Å². The maximum Gasteiger partial charge on any atom is 0.240 e. The molecule has 0 spiro atoms. The Balaban J connectivity index is 2.10. The van der Waals surface area contributed by atoms with E-state index >= 15 is 0 Å². The lowest BCUT2D eigenvalue weighted by atomic mass is 10.2. The predicted octanol–water partition coefficient (Wildman–Crippen LogP) is 1.76. The average molecular weight is 397 g/mol. The molecule has 0 bridgehead atoms. The smallest absolute Gasteiger partial charge is 0.240 e. The fourth-order valence-corrected chi connectivity index (χ4v) is 3.54. The first-order valence-electron chi connectivity index (χ1n) is 5.98. The maximum absolute atomic E-state index is 12.1. The van der Waals surface area contributed by atoms with Crippen molar-refractivity contribution in [3.63, 3.8) is 0 Å². The van der Waals surface area contributed by atoms with Crippen molar-refractivity contribution in [2.24, 2.45) is 0 Å². The average Bonchev–Trinajstić information content (AvgIpc) is 2.90. The van der Waals surface area contributed by atoms with Crippen molar-refractivity contribution in [1.29, 1.82) is 0 Å². The molecule has 1 N–H and O–H groups in total. The van der Waals surface area contributed by atoms with Gasteiger partial charge in [0.25, 0.3) is 0 Å². The van der Waals surface area contributed by atoms with Gasteiger partial charge in [0.05, 0.1) is 21.7 Å². The molecule has 1 saturated heterocycles. The zero-order valence-electron chi connectivity index (χ0n) is 10.6. The molecular weight excluding hydrogens is 381 g/mol. The van der Waals surface area contributed by atoms with E-state index in [4.69, 9.17) is 9.47 Å². The molecule has 106 valence electrons. The van der Waals surface area contributed by atoms with Crippen molar-refractivity contribution in [1.82, 2.24) is 4.72 Å². The van der Waals surface area contributed by atoms with E-state index in [0.717, 1.165) is 16.4 Å². The highest BCUT2D eigenvalue weighted by Gasteiger charge is 2.21. The molecule has 0 unspecified atom stereocenters. The van der Waals surface area contributed by atoms with Gasteiger partial charge in [-0.1, -0.05) is 0 Å². The molecule has 7 heteroatoms. The molecule has 1 atom stereocenters. The quantitative estimate of drug-likeness (QED) is 0.770. The number of benzene rings is 1. The fraction of sp³-hybridized carbons (Fsp3) is 0.500. The van der Waals surface area contributed by atoms with Gasteiger partial charge in [-0.25, -0.2) is 13.1 Å². The highest BCUT2D eigenvalue weighted by Crippen LogP contribution is 2.24. The number of halogens is 1. The summed E-state index contributed by atoms with van der Waals surface area (Å²) in [4.78, 5) is 0.211. The summed E-state index contributed by atoms with van der Waals surface area (Å²) in [5, 5.41) is 0. The summed E-state index contributed by atoms with van der Waals surface area (Å²) in [6.07, 6.45) is 1.88. The van der Waals surface area contributed by atoms with E-state index in [1.54, 1.807) is 12.1 Å².